The van der Waals surface area contributed by atoms with Gasteiger partial charge in [-0.2, -0.15) is 4.98 Å². The van der Waals surface area contributed by atoms with Crippen molar-refractivity contribution >= 4 is 23.5 Å². The number of nitrogens with one attached hydrogen (secondary N) is 1. The molecule has 3 aromatic rings. The zero-order valence-corrected chi connectivity index (χ0v) is 16.4. The molecule has 142 valence electrons. The van der Waals surface area contributed by atoms with Gasteiger partial charge in [0.15, 0.2) is 11.9 Å². The Balaban J connectivity index is 1.66. The minimum atomic E-state index is -0.388. The number of hydrogen-bond acceptors (Lipinski definition) is 7. The molecule has 28 heavy (non-hydrogen) atoms. The molecule has 6 nitrogen and oxygen atoms in total. The molecule has 0 saturated heterocycles. The van der Waals surface area contributed by atoms with E-state index in [2.05, 4.69) is 27.4 Å². The minimum absolute atomic E-state index is 0.388. The number of methoxy groups -OCH3 is 1. The van der Waals surface area contributed by atoms with E-state index in [1.54, 1.807) is 7.11 Å². The van der Waals surface area contributed by atoms with Crippen molar-refractivity contribution in [2.24, 2.45) is 0 Å². The van der Waals surface area contributed by atoms with Crippen molar-refractivity contribution in [1.29, 1.82) is 0 Å². The molecule has 0 aliphatic carbocycles. The van der Waals surface area contributed by atoms with Gasteiger partial charge < -0.3 is 14.8 Å². The predicted molar refractivity (Wildman–Crippen MR) is 112 cm³/mol. The van der Waals surface area contributed by atoms with Gasteiger partial charge in [0.2, 0.25) is 11.0 Å². The van der Waals surface area contributed by atoms with Crippen molar-refractivity contribution in [2.45, 2.75) is 18.3 Å². The summed E-state index contributed by atoms with van der Waals surface area (Å²) in [5.74, 6) is 2.18. The lowest BCUT2D eigenvalue weighted by molar-refractivity contribution is 0.266. The molecule has 0 unspecified atom stereocenters. The number of fused-ring (bicyclic) bond motifs is 3. The van der Waals surface area contributed by atoms with Gasteiger partial charge in [-0.3, -0.25) is 0 Å². The Kier molecular flexibility index (Phi) is 5.43. The maximum atomic E-state index is 6.14. The van der Waals surface area contributed by atoms with Crippen LogP contribution >= 0.6 is 11.8 Å². The van der Waals surface area contributed by atoms with Crippen molar-refractivity contribution in [3.63, 3.8) is 0 Å². The number of aromatic nitrogens is 3. The van der Waals surface area contributed by atoms with Crippen LogP contribution in [0.1, 0.15) is 12.5 Å². The second-order valence-electron chi connectivity index (χ2n) is 6.04. The van der Waals surface area contributed by atoms with E-state index in [9.17, 15) is 0 Å². The van der Waals surface area contributed by atoms with Crippen LogP contribution in [0, 0.1) is 0 Å². The Morgan fingerprint density at radius 1 is 1.14 bits per heavy atom. The summed E-state index contributed by atoms with van der Waals surface area (Å²) in [7, 11) is 1.66. The summed E-state index contributed by atoms with van der Waals surface area (Å²) in [6.45, 7) is 2.05. The van der Waals surface area contributed by atoms with Crippen LogP contribution in [0.2, 0.25) is 0 Å². The van der Waals surface area contributed by atoms with Crippen LogP contribution in [0.4, 0.5) is 5.69 Å². The Morgan fingerprint density at radius 3 is 2.75 bits per heavy atom. The molecule has 4 rings (SSSR count). The normalized spacial score (nSPS) is 15.1. The van der Waals surface area contributed by atoms with E-state index in [4.69, 9.17) is 9.47 Å². The molecule has 0 fully saturated rings. The van der Waals surface area contributed by atoms with E-state index in [0.717, 1.165) is 28.3 Å². The highest BCUT2D eigenvalue weighted by Gasteiger charge is 2.23. The number of rotatable bonds is 5. The zero-order valence-electron chi connectivity index (χ0n) is 15.6. The molecule has 1 aliphatic heterocycles. The fraction of sp³-hybridized carbons (Fsp3) is 0.190. The van der Waals surface area contributed by atoms with Gasteiger partial charge in [0.1, 0.15) is 5.75 Å². The second-order valence-corrected chi connectivity index (χ2v) is 7.27. The summed E-state index contributed by atoms with van der Waals surface area (Å²) in [4.78, 5) is 4.57. The lowest BCUT2D eigenvalue weighted by Crippen LogP contribution is -2.23. The molecule has 0 radical (unpaired) electrons. The van der Waals surface area contributed by atoms with Crippen LogP contribution in [-0.2, 0) is 0 Å². The first-order valence-corrected chi connectivity index (χ1v) is 9.97. The van der Waals surface area contributed by atoms with E-state index in [-0.39, 0.29) is 6.23 Å². The van der Waals surface area contributed by atoms with Gasteiger partial charge in [-0.25, -0.2) is 0 Å². The van der Waals surface area contributed by atoms with Crippen molar-refractivity contribution in [3.05, 3.63) is 60.2 Å². The number of hydrogen-bond donors (Lipinski definition) is 1. The summed E-state index contributed by atoms with van der Waals surface area (Å²) in [6, 6.07) is 15.8. The number of ether oxygens (including phenoxy) is 2. The van der Waals surface area contributed by atoms with Crippen LogP contribution in [-0.4, -0.2) is 34.3 Å². The molecular formula is C21H20N4O2S. The Hall–Kier alpha value is -3.06. The lowest BCUT2D eigenvalue weighted by atomic mass is 10.1. The predicted octanol–water partition coefficient (Wildman–Crippen LogP) is 4.50. The van der Waals surface area contributed by atoms with Crippen LogP contribution in [0.3, 0.4) is 0 Å². The molecule has 2 heterocycles. The maximum Gasteiger partial charge on any atom is 0.247 e. The van der Waals surface area contributed by atoms with E-state index in [1.807, 2.05) is 60.7 Å². The van der Waals surface area contributed by atoms with Crippen LogP contribution in [0.25, 0.3) is 17.3 Å². The van der Waals surface area contributed by atoms with Crippen LogP contribution in [0.15, 0.2) is 59.8 Å². The topological polar surface area (TPSA) is 69.2 Å². The smallest absolute Gasteiger partial charge is 0.247 e. The standard InChI is InChI=1S/C21H20N4O2S/c1-3-28-21-23-20-19(24-25-21)16-6-4-5-7-17(16)22-18(27-20)13-10-14-8-11-15(26-2)12-9-14/h4-13,18,22H,3H2,1-2H3/b13-10+/t18-/m0/s1. The van der Waals surface area contributed by atoms with E-state index < -0.39 is 0 Å². The largest absolute Gasteiger partial charge is 0.497 e. The first kappa shape index (κ1) is 18.3. The van der Waals surface area contributed by atoms with Gasteiger partial charge >= 0.3 is 0 Å². The monoisotopic (exact) mass is 392 g/mol. The van der Waals surface area contributed by atoms with Gasteiger partial charge in [-0.1, -0.05) is 55.1 Å². The second kappa shape index (κ2) is 8.31. The number of benzene rings is 2. The van der Waals surface area contributed by atoms with Crippen LogP contribution < -0.4 is 14.8 Å². The van der Waals surface area contributed by atoms with Gasteiger partial charge in [-0.05, 0) is 35.6 Å². The molecule has 0 saturated carbocycles. The van der Waals surface area contributed by atoms with Gasteiger partial charge in [0, 0.05) is 11.3 Å². The summed E-state index contributed by atoms with van der Waals surface area (Å²) in [5, 5.41) is 12.6. The number of nitrogens with zero attached hydrogens (tertiary/aromatic N) is 3. The molecule has 0 bridgehead atoms. The molecule has 2 aromatic carbocycles. The summed E-state index contributed by atoms with van der Waals surface area (Å²) < 4.78 is 11.3. The van der Waals surface area contributed by atoms with E-state index in [1.165, 1.54) is 11.8 Å². The van der Waals surface area contributed by atoms with Crippen LogP contribution in [0.5, 0.6) is 11.6 Å². The quantitative estimate of drug-likeness (QED) is 0.641. The number of para-hydroxylation sites is 1. The van der Waals surface area contributed by atoms with E-state index >= 15 is 0 Å². The average Bonchev–Trinajstić information content (AvgIpc) is 2.89. The Morgan fingerprint density at radius 2 is 1.96 bits per heavy atom. The van der Waals surface area contributed by atoms with Crippen molar-refractivity contribution in [1.82, 2.24) is 15.2 Å². The minimum Gasteiger partial charge on any atom is -0.497 e. The number of thioether (sulfide) groups is 1. The SMILES string of the molecule is CCSc1nnc2c(n1)O[C@@H](/C=C/c1ccc(OC)cc1)Nc1ccccc1-2. The summed E-state index contributed by atoms with van der Waals surface area (Å²) in [5.41, 5.74) is 3.54. The summed E-state index contributed by atoms with van der Waals surface area (Å²) in [6.07, 6.45) is 3.57. The fourth-order valence-electron chi connectivity index (χ4n) is 2.86. The molecule has 0 spiro atoms. The first-order valence-electron chi connectivity index (χ1n) is 8.99. The highest BCUT2D eigenvalue weighted by Crippen LogP contribution is 2.36. The zero-order chi connectivity index (χ0) is 19.3. The Labute approximate surface area is 168 Å². The third-order valence-corrected chi connectivity index (χ3v) is 4.93. The molecule has 0 amide bonds. The Bertz CT molecular complexity index is 992. The average molecular weight is 392 g/mol. The third-order valence-electron chi connectivity index (χ3n) is 4.21. The lowest BCUT2D eigenvalue weighted by Gasteiger charge is -2.15. The molecule has 1 aromatic heterocycles. The number of anilines is 1. The summed E-state index contributed by atoms with van der Waals surface area (Å²) >= 11 is 1.54. The highest BCUT2D eigenvalue weighted by molar-refractivity contribution is 7.99. The third kappa shape index (κ3) is 3.94. The molecular weight excluding hydrogens is 372 g/mol. The van der Waals surface area contributed by atoms with Gasteiger partial charge in [-0.15, -0.1) is 10.2 Å². The molecule has 1 N–H and O–H groups in total. The van der Waals surface area contributed by atoms with Crippen molar-refractivity contribution in [2.75, 3.05) is 18.2 Å². The van der Waals surface area contributed by atoms with Gasteiger partial charge in [0.05, 0.1) is 7.11 Å². The molecule has 1 aliphatic rings. The van der Waals surface area contributed by atoms with Crippen molar-refractivity contribution < 1.29 is 9.47 Å². The first-order chi connectivity index (χ1) is 13.8. The van der Waals surface area contributed by atoms with Crippen molar-refractivity contribution in [3.8, 4) is 22.9 Å². The maximum absolute atomic E-state index is 6.14. The molecule has 7 heteroatoms. The fourth-order valence-corrected chi connectivity index (χ4v) is 3.36. The van der Waals surface area contributed by atoms with E-state index in [0.29, 0.717) is 16.7 Å². The van der Waals surface area contributed by atoms with Gasteiger partial charge in [0.25, 0.3) is 0 Å². The highest BCUT2D eigenvalue weighted by atomic mass is 32.2. The molecule has 1 atom stereocenters.